The van der Waals surface area contributed by atoms with Crippen molar-refractivity contribution in [3.63, 3.8) is 0 Å². The number of benzene rings is 9. The zero-order valence-electron chi connectivity index (χ0n) is 34.2. The first kappa shape index (κ1) is 36.4. The molecule has 288 valence electrons. The lowest BCUT2D eigenvalue weighted by atomic mass is 9.82. The molecule has 11 rings (SSSR count). The smallest absolute Gasteiger partial charge is 0.160 e. The predicted octanol–water partition coefficient (Wildman–Crippen LogP) is 15.6. The van der Waals surface area contributed by atoms with Gasteiger partial charge in [-0.25, -0.2) is 9.97 Å². The van der Waals surface area contributed by atoms with Crippen LogP contribution >= 0.6 is 0 Å². The van der Waals surface area contributed by atoms with E-state index in [1.54, 1.807) is 0 Å². The fourth-order valence-corrected chi connectivity index (χ4v) is 9.39. The number of aromatic nitrogens is 2. The average Bonchev–Trinajstić information content (AvgIpc) is 3.57. The van der Waals surface area contributed by atoms with Gasteiger partial charge in [-0.15, -0.1) is 0 Å². The van der Waals surface area contributed by atoms with E-state index in [4.69, 9.17) is 9.97 Å². The van der Waals surface area contributed by atoms with Gasteiger partial charge in [0.25, 0.3) is 0 Å². The molecule has 0 spiro atoms. The van der Waals surface area contributed by atoms with Crippen LogP contribution in [-0.4, -0.2) is 9.97 Å². The van der Waals surface area contributed by atoms with Crippen LogP contribution < -0.4 is 0 Å². The third-order valence-corrected chi connectivity index (χ3v) is 12.6. The lowest BCUT2D eigenvalue weighted by Gasteiger charge is -2.21. The van der Waals surface area contributed by atoms with Crippen molar-refractivity contribution in [1.82, 2.24) is 9.97 Å². The predicted molar refractivity (Wildman–Crippen MR) is 255 cm³/mol. The van der Waals surface area contributed by atoms with Crippen LogP contribution in [0, 0.1) is 0 Å². The molecule has 0 bridgehead atoms. The van der Waals surface area contributed by atoms with Crippen LogP contribution in [0.2, 0.25) is 0 Å². The Bertz CT molecular complexity index is 3240. The van der Waals surface area contributed by atoms with Crippen LogP contribution in [0.3, 0.4) is 0 Å². The third-order valence-electron chi connectivity index (χ3n) is 12.6. The minimum atomic E-state index is -0.0244. The summed E-state index contributed by atoms with van der Waals surface area (Å²) in [6.07, 6.45) is 0. The molecule has 2 nitrogen and oxygen atoms in total. The zero-order chi connectivity index (χ0) is 40.9. The van der Waals surface area contributed by atoms with Gasteiger partial charge in [-0.2, -0.15) is 0 Å². The molecule has 9 aromatic carbocycles. The molecule has 0 amide bonds. The highest BCUT2D eigenvalue weighted by atomic mass is 14.9. The van der Waals surface area contributed by atoms with Gasteiger partial charge in [0.15, 0.2) is 5.82 Å². The van der Waals surface area contributed by atoms with Crippen LogP contribution in [0.15, 0.2) is 218 Å². The maximum absolute atomic E-state index is 5.23. The molecular weight excluding hydrogens is 737 g/mol. The molecule has 0 saturated heterocycles. The van der Waals surface area contributed by atoms with Gasteiger partial charge in [-0.1, -0.05) is 220 Å². The molecule has 2 heteroatoms. The fraction of sp³-hybridized carbons (Fsp3) is 0.0508. The van der Waals surface area contributed by atoms with Gasteiger partial charge >= 0.3 is 0 Å². The highest BCUT2D eigenvalue weighted by Crippen LogP contribution is 2.52. The number of nitrogens with zero attached hydrogens (tertiary/aromatic N) is 2. The van der Waals surface area contributed by atoms with E-state index in [1.165, 1.54) is 72.1 Å². The second-order valence-corrected chi connectivity index (χ2v) is 16.5. The summed E-state index contributed by atoms with van der Waals surface area (Å²) in [4.78, 5) is 10.4. The fourth-order valence-electron chi connectivity index (χ4n) is 9.39. The van der Waals surface area contributed by atoms with Gasteiger partial charge in [0.05, 0.1) is 11.4 Å². The summed E-state index contributed by atoms with van der Waals surface area (Å²) in [5.74, 6) is 0.706. The summed E-state index contributed by atoms with van der Waals surface area (Å²) in [7, 11) is 0. The Balaban J connectivity index is 0.957. The first-order chi connectivity index (χ1) is 30.0. The van der Waals surface area contributed by atoms with Crippen LogP contribution in [0.25, 0.3) is 100 Å². The zero-order valence-corrected chi connectivity index (χ0v) is 34.2. The van der Waals surface area contributed by atoms with Gasteiger partial charge in [0.2, 0.25) is 0 Å². The standard InChI is InChI=1S/C59H42N2/c1-59(2)53-25-12-11-23-52(53)57-48(24-14-26-54(57)59)42-31-27-41(28-32-42)45-19-13-20-46(37-45)47-35-36-51(50-22-10-9-21-49(47)50)56-38-55(60-58(61-56)44-17-7-4-8-18-44)43-33-29-40(30-34-43)39-15-5-3-6-16-39/h3-38H,1-2H3. The normalized spacial score (nSPS) is 12.6. The van der Waals surface area contributed by atoms with Crippen LogP contribution in [0.4, 0.5) is 0 Å². The first-order valence-electron chi connectivity index (χ1n) is 21.1. The molecule has 0 fully saturated rings. The summed E-state index contributed by atoms with van der Waals surface area (Å²) in [6, 6.07) is 78.5. The molecule has 61 heavy (non-hydrogen) atoms. The van der Waals surface area contributed by atoms with Crippen LogP contribution in [0.1, 0.15) is 25.0 Å². The highest BCUT2D eigenvalue weighted by Gasteiger charge is 2.36. The van der Waals surface area contributed by atoms with Crippen molar-refractivity contribution in [2.75, 3.05) is 0 Å². The number of hydrogen-bond acceptors (Lipinski definition) is 2. The number of rotatable bonds is 7. The summed E-state index contributed by atoms with van der Waals surface area (Å²) in [6.45, 7) is 4.68. The van der Waals surface area contributed by atoms with E-state index in [0.29, 0.717) is 5.82 Å². The van der Waals surface area contributed by atoms with Crippen molar-refractivity contribution >= 4 is 10.8 Å². The summed E-state index contributed by atoms with van der Waals surface area (Å²) in [5.41, 5.74) is 20.0. The van der Waals surface area contributed by atoms with Gasteiger partial charge in [0, 0.05) is 22.1 Å². The van der Waals surface area contributed by atoms with E-state index < -0.39 is 0 Å². The molecular formula is C59H42N2. The van der Waals surface area contributed by atoms with Crippen LogP contribution in [0.5, 0.6) is 0 Å². The highest BCUT2D eigenvalue weighted by molar-refractivity contribution is 6.05. The lowest BCUT2D eigenvalue weighted by Crippen LogP contribution is -2.14. The average molecular weight is 779 g/mol. The number of hydrogen-bond donors (Lipinski definition) is 0. The molecule has 0 unspecified atom stereocenters. The second kappa shape index (κ2) is 14.9. The Morgan fingerprint density at radius 2 is 0.787 bits per heavy atom. The van der Waals surface area contributed by atoms with Crippen molar-refractivity contribution < 1.29 is 0 Å². The first-order valence-corrected chi connectivity index (χ1v) is 21.1. The molecule has 1 aliphatic rings. The Hall–Kier alpha value is -7.68. The van der Waals surface area contributed by atoms with E-state index in [-0.39, 0.29) is 5.41 Å². The van der Waals surface area contributed by atoms with Crippen molar-refractivity contribution in [3.8, 4) is 89.5 Å². The van der Waals surface area contributed by atoms with Gasteiger partial charge < -0.3 is 0 Å². The topological polar surface area (TPSA) is 25.8 Å². The van der Waals surface area contributed by atoms with E-state index >= 15 is 0 Å². The molecule has 0 aliphatic heterocycles. The molecule has 0 N–H and O–H groups in total. The quantitative estimate of drug-likeness (QED) is 0.161. The Morgan fingerprint density at radius 1 is 0.295 bits per heavy atom. The van der Waals surface area contributed by atoms with Crippen molar-refractivity contribution in [1.29, 1.82) is 0 Å². The Kier molecular flexibility index (Phi) is 8.86. The molecule has 0 atom stereocenters. The lowest BCUT2D eigenvalue weighted by molar-refractivity contribution is 0.660. The maximum Gasteiger partial charge on any atom is 0.160 e. The molecule has 10 aromatic rings. The minimum Gasteiger partial charge on any atom is -0.228 e. The minimum absolute atomic E-state index is 0.0244. The van der Waals surface area contributed by atoms with Crippen molar-refractivity contribution in [3.05, 3.63) is 230 Å². The largest absolute Gasteiger partial charge is 0.228 e. The van der Waals surface area contributed by atoms with Crippen molar-refractivity contribution in [2.24, 2.45) is 0 Å². The third kappa shape index (κ3) is 6.45. The van der Waals surface area contributed by atoms with Gasteiger partial charge in [0.1, 0.15) is 0 Å². The van der Waals surface area contributed by atoms with Gasteiger partial charge in [-0.3, -0.25) is 0 Å². The molecule has 0 saturated carbocycles. The SMILES string of the molecule is CC1(C)c2ccccc2-c2c(-c3ccc(-c4cccc(-c5ccc(-c6cc(-c7ccc(-c8ccccc8)cc7)nc(-c7ccccc7)n6)c6ccccc56)c4)cc3)cccc21. The second-order valence-electron chi connectivity index (χ2n) is 16.5. The molecule has 1 aliphatic carbocycles. The monoisotopic (exact) mass is 778 g/mol. The van der Waals surface area contributed by atoms with E-state index in [1.807, 2.05) is 24.3 Å². The molecule has 1 heterocycles. The van der Waals surface area contributed by atoms with Gasteiger partial charge in [-0.05, 0) is 89.7 Å². The van der Waals surface area contributed by atoms with Crippen LogP contribution in [-0.2, 0) is 5.41 Å². The van der Waals surface area contributed by atoms with Crippen molar-refractivity contribution in [2.45, 2.75) is 19.3 Å². The Morgan fingerprint density at radius 3 is 1.54 bits per heavy atom. The van der Waals surface area contributed by atoms with E-state index in [9.17, 15) is 0 Å². The summed E-state index contributed by atoms with van der Waals surface area (Å²) < 4.78 is 0. The summed E-state index contributed by atoms with van der Waals surface area (Å²) >= 11 is 0. The summed E-state index contributed by atoms with van der Waals surface area (Å²) in [5, 5.41) is 2.33. The van der Waals surface area contributed by atoms with E-state index in [0.717, 1.165) is 33.5 Å². The maximum atomic E-state index is 5.23. The van der Waals surface area contributed by atoms with E-state index in [2.05, 4.69) is 208 Å². The Labute approximate surface area is 357 Å². The molecule has 0 radical (unpaired) electrons. The number of fused-ring (bicyclic) bond motifs is 4. The molecule has 1 aromatic heterocycles.